The average molecular weight is 219 g/mol. The lowest BCUT2D eigenvalue weighted by Gasteiger charge is -2.17. The minimum absolute atomic E-state index is 0.380. The van der Waals surface area contributed by atoms with Gasteiger partial charge in [0, 0.05) is 12.2 Å². The Balaban J connectivity index is 2.00. The van der Waals surface area contributed by atoms with Gasteiger partial charge in [-0.2, -0.15) is 0 Å². The van der Waals surface area contributed by atoms with Gasteiger partial charge in [-0.25, -0.2) is 4.98 Å². The topological polar surface area (TPSA) is 64.9 Å². The van der Waals surface area contributed by atoms with Gasteiger partial charge in [0.1, 0.15) is 5.82 Å². The van der Waals surface area contributed by atoms with E-state index in [1.54, 1.807) is 6.20 Å². The highest BCUT2D eigenvalue weighted by Crippen LogP contribution is 2.26. The highest BCUT2D eigenvalue weighted by molar-refractivity contribution is 5.38. The molecule has 0 bridgehead atoms. The van der Waals surface area contributed by atoms with Crippen LogP contribution in [-0.2, 0) is 6.42 Å². The molecule has 1 fully saturated rings. The maximum atomic E-state index is 6.07. The van der Waals surface area contributed by atoms with Crippen LogP contribution >= 0.6 is 0 Å². The summed E-state index contributed by atoms with van der Waals surface area (Å²) >= 11 is 0. The Morgan fingerprint density at radius 1 is 1.31 bits per heavy atom. The number of hydrogen-bond acceptors (Lipinski definition) is 3. The molecule has 1 heterocycles. The molecule has 88 valence electrons. The second kappa shape index (κ2) is 5.30. The monoisotopic (exact) mass is 219 g/mol. The Morgan fingerprint density at radius 2 is 2.12 bits per heavy atom. The molecule has 0 spiro atoms. The molecule has 1 aliphatic rings. The van der Waals surface area contributed by atoms with E-state index in [1.807, 2.05) is 6.07 Å². The van der Waals surface area contributed by atoms with Crippen LogP contribution in [0.5, 0.6) is 0 Å². The average Bonchev–Trinajstić information content (AvgIpc) is 2.46. The zero-order valence-electron chi connectivity index (χ0n) is 9.73. The number of anilines is 1. The van der Waals surface area contributed by atoms with E-state index in [0.29, 0.717) is 17.8 Å². The SMILES string of the molecule is Nc1ncccc1CC1CCCCC(N)C1. The highest BCUT2D eigenvalue weighted by Gasteiger charge is 2.18. The molecule has 1 aliphatic carbocycles. The van der Waals surface area contributed by atoms with Crippen molar-refractivity contribution < 1.29 is 0 Å². The summed E-state index contributed by atoms with van der Waals surface area (Å²) in [6.45, 7) is 0. The lowest BCUT2D eigenvalue weighted by molar-refractivity contribution is 0.431. The molecule has 16 heavy (non-hydrogen) atoms. The summed E-state index contributed by atoms with van der Waals surface area (Å²) in [7, 11) is 0. The Hall–Kier alpha value is -1.09. The van der Waals surface area contributed by atoms with Crippen molar-refractivity contribution in [2.24, 2.45) is 11.7 Å². The molecule has 3 nitrogen and oxygen atoms in total. The molecule has 2 rings (SSSR count). The number of nitrogens with two attached hydrogens (primary N) is 2. The Labute approximate surface area is 97.2 Å². The lowest BCUT2D eigenvalue weighted by Crippen LogP contribution is -2.22. The number of nitrogens with zero attached hydrogens (tertiary/aromatic N) is 1. The maximum absolute atomic E-state index is 6.07. The molecule has 4 N–H and O–H groups in total. The third-order valence-electron chi connectivity index (χ3n) is 3.51. The van der Waals surface area contributed by atoms with E-state index in [-0.39, 0.29) is 0 Å². The van der Waals surface area contributed by atoms with E-state index in [4.69, 9.17) is 11.5 Å². The van der Waals surface area contributed by atoms with Crippen LogP contribution in [0.2, 0.25) is 0 Å². The van der Waals surface area contributed by atoms with Crippen LogP contribution in [0.3, 0.4) is 0 Å². The minimum atomic E-state index is 0.380. The second-order valence-corrected chi connectivity index (χ2v) is 4.90. The summed E-state index contributed by atoms with van der Waals surface area (Å²) in [5.74, 6) is 1.37. The van der Waals surface area contributed by atoms with Crippen LogP contribution in [0.4, 0.5) is 5.82 Å². The fourth-order valence-electron chi connectivity index (χ4n) is 2.62. The zero-order chi connectivity index (χ0) is 11.4. The number of rotatable bonds is 2. The molecule has 3 heteroatoms. The van der Waals surface area contributed by atoms with Gasteiger partial charge in [-0.15, -0.1) is 0 Å². The summed E-state index contributed by atoms with van der Waals surface area (Å²) in [6.07, 6.45) is 8.96. The van der Waals surface area contributed by atoms with E-state index < -0.39 is 0 Å². The van der Waals surface area contributed by atoms with Gasteiger partial charge >= 0.3 is 0 Å². The fraction of sp³-hybridized carbons (Fsp3) is 0.615. The molecule has 0 saturated heterocycles. The van der Waals surface area contributed by atoms with Crippen molar-refractivity contribution >= 4 is 5.82 Å². The van der Waals surface area contributed by atoms with Gasteiger partial charge in [-0.3, -0.25) is 0 Å². The van der Waals surface area contributed by atoms with Crippen molar-refractivity contribution in [2.45, 2.75) is 44.6 Å². The third-order valence-corrected chi connectivity index (χ3v) is 3.51. The molecule has 2 unspecified atom stereocenters. The normalized spacial score (nSPS) is 26.3. The first-order valence-corrected chi connectivity index (χ1v) is 6.20. The largest absolute Gasteiger partial charge is 0.383 e. The summed E-state index contributed by atoms with van der Waals surface area (Å²) in [6, 6.07) is 4.42. The van der Waals surface area contributed by atoms with Gasteiger partial charge in [-0.05, 0) is 36.8 Å². The Morgan fingerprint density at radius 3 is 2.94 bits per heavy atom. The van der Waals surface area contributed by atoms with Gasteiger partial charge in [0.15, 0.2) is 0 Å². The quantitative estimate of drug-likeness (QED) is 0.749. The first kappa shape index (κ1) is 11.4. The molecular weight excluding hydrogens is 198 g/mol. The van der Waals surface area contributed by atoms with Crippen molar-refractivity contribution in [2.75, 3.05) is 5.73 Å². The first-order valence-electron chi connectivity index (χ1n) is 6.20. The van der Waals surface area contributed by atoms with Crippen molar-refractivity contribution in [3.63, 3.8) is 0 Å². The molecule has 0 aliphatic heterocycles. The van der Waals surface area contributed by atoms with Gasteiger partial charge in [-0.1, -0.05) is 25.3 Å². The van der Waals surface area contributed by atoms with Crippen LogP contribution < -0.4 is 11.5 Å². The standard InChI is InChI=1S/C13H21N3/c14-12-6-2-1-4-10(9-12)8-11-5-3-7-16-13(11)15/h3,5,7,10,12H,1-2,4,6,8-9,14H2,(H2,15,16). The molecule has 1 saturated carbocycles. The van der Waals surface area contributed by atoms with E-state index in [1.165, 1.54) is 31.2 Å². The van der Waals surface area contributed by atoms with Crippen molar-refractivity contribution in [1.29, 1.82) is 0 Å². The molecule has 0 amide bonds. The molecule has 0 radical (unpaired) electrons. The minimum Gasteiger partial charge on any atom is -0.383 e. The van der Waals surface area contributed by atoms with Crippen molar-refractivity contribution in [1.82, 2.24) is 4.98 Å². The molecule has 1 aromatic heterocycles. The first-order chi connectivity index (χ1) is 7.75. The highest BCUT2D eigenvalue weighted by atomic mass is 14.8. The number of pyridine rings is 1. The van der Waals surface area contributed by atoms with Gasteiger partial charge < -0.3 is 11.5 Å². The van der Waals surface area contributed by atoms with E-state index in [9.17, 15) is 0 Å². The summed E-state index contributed by atoms with van der Waals surface area (Å²) < 4.78 is 0. The summed E-state index contributed by atoms with van der Waals surface area (Å²) in [5.41, 5.74) is 13.1. The zero-order valence-corrected chi connectivity index (χ0v) is 9.73. The second-order valence-electron chi connectivity index (χ2n) is 4.90. The van der Waals surface area contributed by atoms with Crippen LogP contribution in [0.25, 0.3) is 0 Å². The van der Waals surface area contributed by atoms with Gasteiger partial charge in [0.25, 0.3) is 0 Å². The number of aromatic nitrogens is 1. The van der Waals surface area contributed by atoms with Crippen LogP contribution in [-0.4, -0.2) is 11.0 Å². The predicted octanol–water partition coefficient (Wildman–Crippen LogP) is 2.11. The van der Waals surface area contributed by atoms with Gasteiger partial charge in [0.05, 0.1) is 0 Å². The molecular formula is C13H21N3. The van der Waals surface area contributed by atoms with Crippen LogP contribution in [0, 0.1) is 5.92 Å². The number of nitrogen functional groups attached to an aromatic ring is 1. The van der Waals surface area contributed by atoms with Gasteiger partial charge in [0.2, 0.25) is 0 Å². The van der Waals surface area contributed by atoms with Crippen LogP contribution in [0.1, 0.15) is 37.7 Å². The summed E-state index contributed by atoms with van der Waals surface area (Å²) in [4.78, 5) is 4.13. The maximum Gasteiger partial charge on any atom is 0.126 e. The Bertz CT molecular complexity index is 338. The summed E-state index contributed by atoms with van der Waals surface area (Å²) in [5, 5.41) is 0. The molecule has 2 atom stereocenters. The molecule has 1 aromatic rings. The smallest absolute Gasteiger partial charge is 0.126 e. The predicted molar refractivity (Wildman–Crippen MR) is 66.9 cm³/mol. The Kier molecular flexibility index (Phi) is 3.78. The van der Waals surface area contributed by atoms with Crippen molar-refractivity contribution in [3.05, 3.63) is 23.9 Å². The van der Waals surface area contributed by atoms with E-state index in [2.05, 4.69) is 11.1 Å². The van der Waals surface area contributed by atoms with Crippen molar-refractivity contribution in [3.8, 4) is 0 Å². The van der Waals surface area contributed by atoms with E-state index in [0.717, 1.165) is 12.8 Å². The molecule has 0 aromatic carbocycles. The number of hydrogen-bond donors (Lipinski definition) is 2. The third kappa shape index (κ3) is 2.95. The van der Waals surface area contributed by atoms with E-state index >= 15 is 0 Å². The van der Waals surface area contributed by atoms with Crippen LogP contribution in [0.15, 0.2) is 18.3 Å². The fourth-order valence-corrected chi connectivity index (χ4v) is 2.62. The lowest BCUT2D eigenvalue weighted by atomic mass is 9.91.